The average Bonchev–Trinajstić information content (AvgIpc) is 3.15. The molecule has 5 heteroatoms. The lowest BCUT2D eigenvalue weighted by Crippen LogP contribution is -2.16. The predicted octanol–water partition coefficient (Wildman–Crippen LogP) is 5.18. The summed E-state index contributed by atoms with van der Waals surface area (Å²) in [6.07, 6.45) is 0.256. The summed E-state index contributed by atoms with van der Waals surface area (Å²) in [5.74, 6) is 0.171. The first-order valence-electron chi connectivity index (χ1n) is 9.73. The predicted molar refractivity (Wildman–Crippen MR) is 115 cm³/mol. The van der Waals surface area contributed by atoms with Gasteiger partial charge in [0.25, 0.3) is 0 Å². The van der Waals surface area contributed by atoms with E-state index in [1.165, 1.54) is 7.11 Å². The fourth-order valence-electron chi connectivity index (χ4n) is 3.79. The lowest BCUT2D eigenvalue weighted by atomic mass is 9.95. The van der Waals surface area contributed by atoms with Gasteiger partial charge in [-0.3, -0.25) is 9.59 Å². The van der Waals surface area contributed by atoms with Gasteiger partial charge in [0, 0.05) is 28.1 Å². The zero-order valence-electron chi connectivity index (χ0n) is 17.1. The molecule has 1 heterocycles. The Labute approximate surface area is 174 Å². The van der Waals surface area contributed by atoms with E-state index in [0.29, 0.717) is 33.6 Å². The molecule has 1 unspecified atom stereocenters. The number of furan rings is 1. The summed E-state index contributed by atoms with van der Waals surface area (Å²) in [6, 6.07) is 18.6. The first kappa shape index (κ1) is 19.7. The number of hydrogen-bond acceptors (Lipinski definition) is 5. The van der Waals surface area contributed by atoms with E-state index >= 15 is 0 Å². The Morgan fingerprint density at radius 2 is 1.60 bits per heavy atom. The highest BCUT2D eigenvalue weighted by Crippen LogP contribution is 2.39. The van der Waals surface area contributed by atoms with Gasteiger partial charge in [-0.2, -0.15) is 0 Å². The lowest BCUT2D eigenvalue weighted by molar-refractivity contribution is -0.144. The van der Waals surface area contributed by atoms with Crippen LogP contribution in [0.3, 0.4) is 0 Å². The number of carbonyl (C=O) groups is 2. The van der Waals surface area contributed by atoms with Crippen molar-refractivity contribution in [3.63, 3.8) is 0 Å². The summed E-state index contributed by atoms with van der Waals surface area (Å²) in [5.41, 5.74) is 1.62. The van der Waals surface area contributed by atoms with E-state index in [0.717, 1.165) is 10.8 Å². The number of esters is 1. The largest absolute Gasteiger partial charge is 0.496 e. The van der Waals surface area contributed by atoms with Crippen LogP contribution >= 0.6 is 0 Å². The Morgan fingerprint density at radius 3 is 2.27 bits per heavy atom. The number of carbonyl (C=O) groups excluding carboxylic acids is 2. The second-order valence-corrected chi connectivity index (χ2v) is 7.22. The van der Waals surface area contributed by atoms with E-state index in [9.17, 15) is 9.59 Å². The molecule has 0 fully saturated rings. The summed E-state index contributed by atoms with van der Waals surface area (Å²) >= 11 is 0. The molecule has 4 aromatic rings. The molecule has 0 aliphatic carbocycles. The van der Waals surface area contributed by atoms with Crippen LogP contribution in [0.25, 0.3) is 21.7 Å². The molecule has 0 radical (unpaired) electrons. The number of ether oxygens (including phenoxy) is 2. The second-order valence-electron chi connectivity index (χ2n) is 7.22. The van der Waals surface area contributed by atoms with Gasteiger partial charge in [0.1, 0.15) is 17.1 Å². The maximum absolute atomic E-state index is 13.5. The van der Waals surface area contributed by atoms with E-state index in [-0.39, 0.29) is 18.2 Å². The van der Waals surface area contributed by atoms with Crippen molar-refractivity contribution in [1.29, 1.82) is 0 Å². The molecule has 4 rings (SSSR count). The number of ketones is 1. The van der Waals surface area contributed by atoms with Crippen molar-refractivity contribution < 1.29 is 23.5 Å². The van der Waals surface area contributed by atoms with E-state index in [4.69, 9.17) is 13.9 Å². The van der Waals surface area contributed by atoms with Crippen molar-refractivity contribution >= 4 is 33.5 Å². The molecule has 1 aromatic heterocycles. The van der Waals surface area contributed by atoms with Gasteiger partial charge in [-0.15, -0.1) is 0 Å². The minimum atomic E-state index is -0.453. The third kappa shape index (κ3) is 3.32. The van der Waals surface area contributed by atoms with Crippen LogP contribution in [0.5, 0.6) is 5.75 Å². The number of fused-ring (bicyclic) bond motifs is 3. The van der Waals surface area contributed by atoms with Gasteiger partial charge < -0.3 is 13.9 Å². The number of rotatable bonds is 6. The van der Waals surface area contributed by atoms with Gasteiger partial charge in [-0.25, -0.2) is 0 Å². The molecular weight excluding hydrogens is 380 g/mol. The Hall–Kier alpha value is -3.60. The maximum atomic E-state index is 13.5. The van der Waals surface area contributed by atoms with Crippen LogP contribution < -0.4 is 4.74 Å². The lowest BCUT2D eigenvalue weighted by Gasteiger charge is -2.09. The van der Waals surface area contributed by atoms with Crippen molar-refractivity contribution in [2.75, 3.05) is 14.2 Å². The molecule has 0 bridgehead atoms. The Balaban J connectivity index is 2.00. The summed E-state index contributed by atoms with van der Waals surface area (Å²) in [7, 11) is 2.96. The highest BCUT2D eigenvalue weighted by Gasteiger charge is 2.27. The molecule has 30 heavy (non-hydrogen) atoms. The standard InChI is InChI=1S/C25H22O5/c1-15(25(27)29-3)13-21-22(23(26)16-9-5-4-6-10-16)19-14-20(28-2)17-11-7-8-12-18(17)24(19)30-21/h4-12,14-15H,13H2,1-3H3. The molecule has 152 valence electrons. The third-order valence-corrected chi connectivity index (χ3v) is 5.31. The molecule has 0 saturated heterocycles. The summed E-state index contributed by atoms with van der Waals surface area (Å²) in [6.45, 7) is 1.76. The minimum absolute atomic E-state index is 0.154. The number of benzene rings is 3. The maximum Gasteiger partial charge on any atom is 0.308 e. The van der Waals surface area contributed by atoms with Crippen LogP contribution in [0.1, 0.15) is 28.6 Å². The summed E-state index contributed by atoms with van der Waals surface area (Å²) < 4.78 is 16.7. The van der Waals surface area contributed by atoms with Crippen LogP contribution in [0.4, 0.5) is 0 Å². The van der Waals surface area contributed by atoms with Crippen molar-refractivity contribution in [2.45, 2.75) is 13.3 Å². The van der Waals surface area contributed by atoms with Crippen molar-refractivity contribution in [3.05, 3.63) is 77.6 Å². The Morgan fingerprint density at radius 1 is 0.933 bits per heavy atom. The third-order valence-electron chi connectivity index (χ3n) is 5.31. The number of hydrogen-bond donors (Lipinski definition) is 0. The molecule has 0 saturated carbocycles. The van der Waals surface area contributed by atoms with Crippen LogP contribution in [0, 0.1) is 5.92 Å². The molecule has 0 amide bonds. The molecule has 5 nitrogen and oxygen atoms in total. The van der Waals surface area contributed by atoms with E-state index in [1.807, 2.05) is 48.5 Å². The zero-order chi connectivity index (χ0) is 21.3. The topological polar surface area (TPSA) is 65.7 Å². The van der Waals surface area contributed by atoms with Crippen molar-refractivity contribution in [2.24, 2.45) is 5.92 Å². The minimum Gasteiger partial charge on any atom is -0.496 e. The van der Waals surface area contributed by atoms with Gasteiger partial charge in [-0.1, -0.05) is 61.5 Å². The first-order valence-corrected chi connectivity index (χ1v) is 9.73. The molecule has 0 aliphatic rings. The monoisotopic (exact) mass is 402 g/mol. The first-order chi connectivity index (χ1) is 14.5. The zero-order valence-corrected chi connectivity index (χ0v) is 17.1. The van der Waals surface area contributed by atoms with E-state index in [1.54, 1.807) is 26.2 Å². The smallest absolute Gasteiger partial charge is 0.308 e. The molecule has 3 aromatic carbocycles. The van der Waals surface area contributed by atoms with Gasteiger partial charge in [0.2, 0.25) is 0 Å². The summed E-state index contributed by atoms with van der Waals surface area (Å²) in [5, 5.41) is 2.42. The van der Waals surface area contributed by atoms with Crippen LogP contribution in [-0.2, 0) is 16.0 Å². The summed E-state index contributed by atoms with van der Waals surface area (Å²) in [4.78, 5) is 25.5. The fourth-order valence-corrected chi connectivity index (χ4v) is 3.79. The quantitative estimate of drug-likeness (QED) is 0.328. The highest BCUT2D eigenvalue weighted by atomic mass is 16.5. The van der Waals surface area contributed by atoms with Crippen LogP contribution in [-0.4, -0.2) is 26.0 Å². The van der Waals surface area contributed by atoms with Crippen molar-refractivity contribution in [1.82, 2.24) is 0 Å². The second kappa shape index (κ2) is 8.03. The highest BCUT2D eigenvalue weighted by molar-refractivity contribution is 6.21. The molecular formula is C25H22O5. The van der Waals surface area contributed by atoms with Crippen molar-refractivity contribution in [3.8, 4) is 5.75 Å². The van der Waals surface area contributed by atoms with E-state index in [2.05, 4.69) is 0 Å². The Kier molecular flexibility index (Phi) is 5.27. The molecule has 0 spiro atoms. The molecule has 0 aliphatic heterocycles. The fraction of sp³-hybridized carbons (Fsp3) is 0.200. The van der Waals surface area contributed by atoms with Crippen LogP contribution in [0.15, 0.2) is 65.1 Å². The van der Waals surface area contributed by atoms with Crippen LogP contribution in [0.2, 0.25) is 0 Å². The van der Waals surface area contributed by atoms with Gasteiger partial charge in [0.15, 0.2) is 5.78 Å². The van der Waals surface area contributed by atoms with E-state index < -0.39 is 5.92 Å². The molecule has 1 atom stereocenters. The SMILES string of the molecule is COC(=O)C(C)Cc1oc2c(cc(OC)c3ccccc32)c1C(=O)c1ccccc1. The normalized spacial score (nSPS) is 12.1. The number of methoxy groups -OCH3 is 2. The van der Waals surface area contributed by atoms with Gasteiger partial charge in [0.05, 0.1) is 25.7 Å². The van der Waals surface area contributed by atoms with Gasteiger partial charge >= 0.3 is 5.97 Å². The Bertz CT molecular complexity index is 1240. The van der Waals surface area contributed by atoms with Gasteiger partial charge in [-0.05, 0) is 6.07 Å². The molecule has 0 N–H and O–H groups in total. The average molecular weight is 402 g/mol.